The average Bonchev–Trinajstić information content (AvgIpc) is 2.73. The molecule has 0 atom stereocenters. The van der Waals surface area contributed by atoms with Gasteiger partial charge in [0.1, 0.15) is 16.2 Å². The summed E-state index contributed by atoms with van der Waals surface area (Å²) in [5, 5.41) is 7.28. The fraction of sp³-hybridized carbons (Fsp3) is 0. The Morgan fingerprint density at radius 2 is 2.24 bits per heavy atom. The maximum atomic E-state index is 12.0. The van der Waals surface area contributed by atoms with Gasteiger partial charge in [-0.2, -0.15) is 0 Å². The van der Waals surface area contributed by atoms with Crippen LogP contribution in [0.15, 0.2) is 27.1 Å². The van der Waals surface area contributed by atoms with Gasteiger partial charge in [-0.25, -0.2) is 13.4 Å². The molecule has 0 spiro atoms. The monoisotopic (exact) mass is 335 g/mol. The summed E-state index contributed by atoms with van der Waals surface area (Å²) >= 11 is 4.20. The van der Waals surface area contributed by atoms with Crippen molar-refractivity contribution in [3.05, 3.63) is 22.2 Å². The summed E-state index contributed by atoms with van der Waals surface area (Å²) in [5.41, 5.74) is 6.94. The van der Waals surface area contributed by atoms with E-state index in [-0.39, 0.29) is 15.8 Å². The molecule has 2 heterocycles. The van der Waals surface area contributed by atoms with Gasteiger partial charge in [-0.05, 0) is 22.0 Å². The van der Waals surface area contributed by atoms with Crippen molar-refractivity contribution in [1.82, 2.24) is 15.2 Å². The summed E-state index contributed by atoms with van der Waals surface area (Å²) in [6, 6.07) is 1.37. The molecule has 2 rings (SSSR count). The lowest BCUT2D eigenvalue weighted by Gasteiger charge is -2.06. The first kappa shape index (κ1) is 12.2. The van der Waals surface area contributed by atoms with Crippen molar-refractivity contribution in [2.75, 3.05) is 10.5 Å². The van der Waals surface area contributed by atoms with Crippen LogP contribution in [0, 0.1) is 0 Å². The number of rotatable bonds is 3. The van der Waals surface area contributed by atoms with Crippen LogP contribution in [0.4, 0.5) is 10.9 Å². The second-order valence-electron chi connectivity index (χ2n) is 2.89. The number of halogens is 1. The summed E-state index contributed by atoms with van der Waals surface area (Å²) in [4.78, 5) is 3.64. The van der Waals surface area contributed by atoms with Crippen LogP contribution in [0.3, 0.4) is 0 Å². The van der Waals surface area contributed by atoms with Crippen LogP contribution >= 0.6 is 27.3 Å². The Kier molecular flexibility index (Phi) is 3.26. The first-order valence-corrected chi connectivity index (χ1v) is 7.34. The van der Waals surface area contributed by atoms with E-state index >= 15 is 0 Å². The molecule has 10 heteroatoms. The SMILES string of the molecule is Nc1ncc(Br)cc1S(=O)(=O)Nc1nncs1. The molecular weight excluding hydrogens is 330 g/mol. The lowest BCUT2D eigenvalue weighted by molar-refractivity contribution is 0.601. The first-order valence-electron chi connectivity index (χ1n) is 4.19. The van der Waals surface area contributed by atoms with Gasteiger partial charge in [0.15, 0.2) is 0 Å². The zero-order chi connectivity index (χ0) is 12.5. The molecule has 2 aromatic rings. The minimum absolute atomic E-state index is 0.0785. The number of nitrogens with one attached hydrogen (secondary N) is 1. The second kappa shape index (κ2) is 4.55. The van der Waals surface area contributed by atoms with Gasteiger partial charge < -0.3 is 5.73 Å². The molecule has 0 saturated heterocycles. The van der Waals surface area contributed by atoms with Crippen molar-refractivity contribution in [1.29, 1.82) is 0 Å². The molecule has 17 heavy (non-hydrogen) atoms. The molecule has 7 nitrogen and oxygen atoms in total. The minimum atomic E-state index is -3.80. The molecule has 90 valence electrons. The average molecular weight is 336 g/mol. The lowest BCUT2D eigenvalue weighted by Crippen LogP contribution is -2.15. The van der Waals surface area contributed by atoms with E-state index in [2.05, 4.69) is 35.8 Å². The summed E-state index contributed by atoms with van der Waals surface area (Å²) < 4.78 is 26.7. The summed E-state index contributed by atoms with van der Waals surface area (Å²) in [7, 11) is -3.80. The van der Waals surface area contributed by atoms with Crippen LogP contribution < -0.4 is 10.5 Å². The maximum Gasteiger partial charge on any atom is 0.267 e. The van der Waals surface area contributed by atoms with E-state index in [0.29, 0.717) is 4.47 Å². The van der Waals surface area contributed by atoms with Crippen LogP contribution in [0.1, 0.15) is 0 Å². The molecule has 0 amide bonds. The molecule has 0 bridgehead atoms. The molecule has 0 radical (unpaired) electrons. The molecule has 0 aliphatic carbocycles. The predicted octanol–water partition coefficient (Wildman–Crippen LogP) is 1.08. The molecule has 0 fully saturated rings. The molecule has 0 aliphatic rings. The van der Waals surface area contributed by atoms with Gasteiger partial charge in [0.2, 0.25) is 5.13 Å². The highest BCUT2D eigenvalue weighted by Crippen LogP contribution is 2.23. The standard InChI is InChI=1S/C7H6BrN5O2S2/c8-4-1-5(6(9)10-2-4)17(14,15)13-7-12-11-3-16-7/h1-3H,(H2,9,10)(H,12,13). The quantitative estimate of drug-likeness (QED) is 0.868. The molecular formula is C7H6BrN5O2S2. The number of nitrogens with two attached hydrogens (primary N) is 1. The van der Waals surface area contributed by atoms with Gasteiger partial charge in [0.05, 0.1) is 0 Å². The summed E-state index contributed by atoms with van der Waals surface area (Å²) in [6.45, 7) is 0. The number of nitrogen functional groups attached to an aromatic ring is 1. The molecule has 2 aromatic heterocycles. The molecule has 3 N–H and O–H groups in total. The zero-order valence-electron chi connectivity index (χ0n) is 8.16. The third-order valence-corrected chi connectivity index (χ3v) is 4.26. The van der Waals surface area contributed by atoms with E-state index in [1.807, 2.05) is 0 Å². The number of nitrogens with zero attached hydrogens (tertiary/aromatic N) is 3. The van der Waals surface area contributed by atoms with E-state index in [9.17, 15) is 8.42 Å². The number of hydrogen-bond donors (Lipinski definition) is 2. The van der Waals surface area contributed by atoms with Gasteiger partial charge in [-0.1, -0.05) is 11.3 Å². The smallest absolute Gasteiger partial charge is 0.267 e. The third-order valence-electron chi connectivity index (χ3n) is 1.72. The van der Waals surface area contributed by atoms with Crippen molar-refractivity contribution >= 4 is 48.2 Å². The highest BCUT2D eigenvalue weighted by Gasteiger charge is 2.20. The van der Waals surface area contributed by atoms with Crippen LogP contribution in [-0.4, -0.2) is 23.6 Å². The third kappa shape index (κ3) is 2.70. The van der Waals surface area contributed by atoms with Crippen LogP contribution in [0.2, 0.25) is 0 Å². The highest BCUT2D eigenvalue weighted by molar-refractivity contribution is 9.10. The Balaban J connectivity index is 2.41. The van der Waals surface area contributed by atoms with E-state index in [1.54, 1.807) is 0 Å². The Bertz CT molecular complexity index is 628. The molecule has 0 aromatic carbocycles. The molecule has 0 aliphatic heterocycles. The van der Waals surface area contributed by atoms with Gasteiger partial charge in [0.25, 0.3) is 10.0 Å². The first-order chi connectivity index (χ1) is 7.99. The van der Waals surface area contributed by atoms with Crippen molar-refractivity contribution in [3.63, 3.8) is 0 Å². The number of hydrogen-bond acceptors (Lipinski definition) is 7. The predicted molar refractivity (Wildman–Crippen MR) is 67.1 cm³/mol. The Morgan fingerprint density at radius 1 is 1.47 bits per heavy atom. The van der Waals surface area contributed by atoms with Crippen molar-refractivity contribution < 1.29 is 8.42 Å². The van der Waals surface area contributed by atoms with Crippen molar-refractivity contribution in [3.8, 4) is 0 Å². The van der Waals surface area contributed by atoms with Crippen LogP contribution in [0.25, 0.3) is 0 Å². The normalized spacial score (nSPS) is 11.4. The number of anilines is 2. The van der Waals surface area contributed by atoms with E-state index in [4.69, 9.17) is 5.73 Å². The van der Waals surface area contributed by atoms with Gasteiger partial charge in [-0.3, -0.25) is 4.72 Å². The van der Waals surface area contributed by atoms with Gasteiger partial charge in [0, 0.05) is 10.7 Å². The lowest BCUT2D eigenvalue weighted by atomic mass is 10.5. The highest BCUT2D eigenvalue weighted by atomic mass is 79.9. The maximum absolute atomic E-state index is 12.0. The minimum Gasteiger partial charge on any atom is -0.383 e. The molecule has 0 unspecified atom stereocenters. The number of sulfonamides is 1. The van der Waals surface area contributed by atoms with Crippen molar-refractivity contribution in [2.45, 2.75) is 4.90 Å². The zero-order valence-corrected chi connectivity index (χ0v) is 11.4. The van der Waals surface area contributed by atoms with Gasteiger partial charge >= 0.3 is 0 Å². The summed E-state index contributed by atoms with van der Waals surface area (Å²) in [6.07, 6.45) is 1.42. The largest absolute Gasteiger partial charge is 0.383 e. The fourth-order valence-electron chi connectivity index (χ4n) is 1.03. The Morgan fingerprint density at radius 3 is 2.88 bits per heavy atom. The van der Waals surface area contributed by atoms with Gasteiger partial charge in [-0.15, -0.1) is 10.2 Å². The van der Waals surface area contributed by atoms with E-state index in [0.717, 1.165) is 11.3 Å². The van der Waals surface area contributed by atoms with E-state index in [1.165, 1.54) is 17.8 Å². The molecule has 0 saturated carbocycles. The number of aromatic nitrogens is 3. The Labute approximate surface area is 109 Å². The topological polar surface area (TPSA) is 111 Å². The van der Waals surface area contributed by atoms with E-state index < -0.39 is 10.0 Å². The van der Waals surface area contributed by atoms with Crippen molar-refractivity contribution in [2.24, 2.45) is 0 Å². The summed E-state index contributed by atoms with van der Waals surface area (Å²) in [5.74, 6) is -0.0785. The fourth-order valence-corrected chi connectivity index (χ4v) is 3.32. The van der Waals surface area contributed by atoms with Crippen LogP contribution in [-0.2, 0) is 10.0 Å². The number of pyridine rings is 1. The Hall–Kier alpha value is -1.26. The second-order valence-corrected chi connectivity index (χ2v) is 6.29. The van der Waals surface area contributed by atoms with Crippen LogP contribution in [0.5, 0.6) is 0 Å².